The van der Waals surface area contributed by atoms with Gasteiger partial charge in [0.25, 0.3) is 0 Å². The van der Waals surface area contributed by atoms with Crippen LogP contribution >= 0.6 is 31.9 Å². The van der Waals surface area contributed by atoms with Crippen LogP contribution in [0.1, 0.15) is 17.5 Å². The van der Waals surface area contributed by atoms with Gasteiger partial charge >= 0.3 is 0 Å². The van der Waals surface area contributed by atoms with Gasteiger partial charge in [0.2, 0.25) is 11.8 Å². The molecule has 2 aromatic rings. The molecule has 0 aromatic heterocycles. The maximum Gasteiger partial charge on any atom is 0.229 e. The maximum absolute atomic E-state index is 12.6. The Kier molecular flexibility index (Phi) is 5.29. The molecule has 3 rings (SSSR count). The Labute approximate surface area is 163 Å². The number of hydrogen-bond acceptors (Lipinski definition) is 2. The summed E-state index contributed by atoms with van der Waals surface area (Å²) in [5.74, 6) is -0.486. The van der Waals surface area contributed by atoms with Crippen LogP contribution in [0.25, 0.3) is 0 Å². The topological polar surface area (TPSA) is 49.4 Å². The second kappa shape index (κ2) is 7.30. The molecule has 0 aliphatic carbocycles. The summed E-state index contributed by atoms with van der Waals surface area (Å²) in [6.45, 7) is 4.38. The van der Waals surface area contributed by atoms with Gasteiger partial charge in [-0.3, -0.25) is 9.59 Å². The Morgan fingerprint density at radius 2 is 1.72 bits per heavy atom. The van der Waals surface area contributed by atoms with Crippen molar-refractivity contribution >= 4 is 55.0 Å². The van der Waals surface area contributed by atoms with E-state index in [1.165, 1.54) is 0 Å². The molecule has 25 heavy (non-hydrogen) atoms. The third kappa shape index (κ3) is 3.96. The first kappa shape index (κ1) is 18.1. The minimum atomic E-state index is -0.347. The molecule has 1 saturated heterocycles. The van der Waals surface area contributed by atoms with Crippen LogP contribution in [0.15, 0.2) is 45.3 Å². The quantitative estimate of drug-likeness (QED) is 0.706. The molecular formula is C19H18Br2N2O2. The molecule has 1 fully saturated rings. The number of anilines is 2. The van der Waals surface area contributed by atoms with E-state index in [2.05, 4.69) is 37.2 Å². The Hall–Kier alpha value is -1.66. The summed E-state index contributed by atoms with van der Waals surface area (Å²) in [7, 11) is 0. The number of nitrogens with one attached hydrogen (secondary N) is 1. The Morgan fingerprint density at radius 1 is 1.12 bits per heavy atom. The van der Waals surface area contributed by atoms with Crippen molar-refractivity contribution < 1.29 is 9.59 Å². The molecule has 0 radical (unpaired) electrons. The van der Waals surface area contributed by atoms with Gasteiger partial charge in [0.1, 0.15) is 0 Å². The molecule has 130 valence electrons. The van der Waals surface area contributed by atoms with E-state index in [0.29, 0.717) is 6.54 Å². The zero-order chi connectivity index (χ0) is 18.1. The predicted molar refractivity (Wildman–Crippen MR) is 107 cm³/mol. The number of rotatable bonds is 3. The van der Waals surface area contributed by atoms with Crippen LogP contribution in [0.2, 0.25) is 0 Å². The molecule has 1 heterocycles. The minimum absolute atomic E-state index is 0.0226. The fraction of sp³-hybridized carbons (Fsp3) is 0.263. The average molecular weight is 466 g/mol. The standard InChI is InChI=1S/C19H18Br2N2O2/c1-11-7-15(8-12(2)18(11)21)22-19(25)13-9-17(24)23(10-13)16-5-3-14(20)4-6-16/h3-8,13H,9-10H2,1-2H3,(H,22,25)/t13-/m0/s1. The number of carbonyl (C=O) groups excluding carboxylic acids is 2. The van der Waals surface area contributed by atoms with Crippen molar-refractivity contribution in [2.45, 2.75) is 20.3 Å². The molecule has 0 bridgehead atoms. The molecule has 2 amide bonds. The number of amides is 2. The fourth-order valence-electron chi connectivity index (χ4n) is 3.02. The monoisotopic (exact) mass is 464 g/mol. The van der Waals surface area contributed by atoms with Gasteiger partial charge in [-0.15, -0.1) is 0 Å². The van der Waals surface area contributed by atoms with Crippen LogP contribution in [-0.2, 0) is 9.59 Å². The Balaban J connectivity index is 1.71. The molecule has 1 aliphatic heterocycles. The van der Waals surface area contributed by atoms with Crippen molar-refractivity contribution in [3.63, 3.8) is 0 Å². The molecule has 1 atom stereocenters. The molecule has 1 N–H and O–H groups in total. The maximum atomic E-state index is 12.6. The van der Waals surface area contributed by atoms with E-state index in [1.54, 1.807) is 4.90 Å². The van der Waals surface area contributed by atoms with Gasteiger partial charge in [-0.05, 0) is 61.4 Å². The molecule has 4 nitrogen and oxygen atoms in total. The molecule has 0 unspecified atom stereocenters. The van der Waals surface area contributed by atoms with Gasteiger partial charge in [-0.25, -0.2) is 0 Å². The summed E-state index contributed by atoms with van der Waals surface area (Å²) < 4.78 is 2.00. The Bertz CT molecular complexity index is 811. The largest absolute Gasteiger partial charge is 0.326 e. The first-order valence-corrected chi connectivity index (χ1v) is 9.57. The summed E-state index contributed by atoms with van der Waals surface area (Å²) in [6, 6.07) is 11.4. The number of hydrogen-bond donors (Lipinski definition) is 1. The second-order valence-corrected chi connectivity index (χ2v) is 8.00. The van der Waals surface area contributed by atoms with Crippen molar-refractivity contribution in [3.8, 4) is 0 Å². The van der Waals surface area contributed by atoms with E-state index < -0.39 is 0 Å². The van der Waals surface area contributed by atoms with E-state index in [-0.39, 0.29) is 24.2 Å². The van der Waals surface area contributed by atoms with Crippen molar-refractivity contribution in [1.82, 2.24) is 0 Å². The lowest BCUT2D eigenvalue weighted by Gasteiger charge is -2.17. The van der Waals surface area contributed by atoms with Gasteiger partial charge < -0.3 is 10.2 Å². The van der Waals surface area contributed by atoms with E-state index in [0.717, 1.165) is 31.4 Å². The third-order valence-electron chi connectivity index (χ3n) is 4.34. The third-order valence-corrected chi connectivity index (χ3v) is 6.12. The molecule has 0 spiro atoms. The van der Waals surface area contributed by atoms with Crippen molar-refractivity contribution in [2.24, 2.45) is 5.92 Å². The van der Waals surface area contributed by atoms with Crippen LogP contribution in [-0.4, -0.2) is 18.4 Å². The van der Waals surface area contributed by atoms with Crippen LogP contribution in [0, 0.1) is 19.8 Å². The second-order valence-electron chi connectivity index (χ2n) is 6.30. The first-order valence-electron chi connectivity index (χ1n) is 7.98. The highest BCUT2D eigenvalue weighted by molar-refractivity contribution is 9.10. The van der Waals surface area contributed by atoms with E-state index in [4.69, 9.17) is 0 Å². The molecule has 2 aromatic carbocycles. The van der Waals surface area contributed by atoms with Crippen LogP contribution < -0.4 is 10.2 Å². The van der Waals surface area contributed by atoms with Crippen LogP contribution in [0.5, 0.6) is 0 Å². The zero-order valence-electron chi connectivity index (χ0n) is 14.0. The van der Waals surface area contributed by atoms with Gasteiger partial charge in [0.05, 0.1) is 5.92 Å². The highest BCUT2D eigenvalue weighted by atomic mass is 79.9. The lowest BCUT2D eigenvalue weighted by atomic mass is 10.1. The highest BCUT2D eigenvalue weighted by Gasteiger charge is 2.35. The number of nitrogens with zero attached hydrogens (tertiary/aromatic N) is 1. The van der Waals surface area contributed by atoms with Gasteiger partial charge in [0.15, 0.2) is 0 Å². The highest BCUT2D eigenvalue weighted by Crippen LogP contribution is 2.29. The summed E-state index contributed by atoms with van der Waals surface area (Å²) in [5.41, 5.74) is 3.71. The normalized spacial score (nSPS) is 17.0. The van der Waals surface area contributed by atoms with E-state index in [9.17, 15) is 9.59 Å². The lowest BCUT2D eigenvalue weighted by molar-refractivity contribution is -0.122. The zero-order valence-corrected chi connectivity index (χ0v) is 17.1. The van der Waals surface area contributed by atoms with Crippen LogP contribution in [0.4, 0.5) is 11.4 Å². The number of halogens is 2. The summed E-state index contributed by atoms with van der Waals surface area (Å²) >= 11 is 6.91. The molecular weight excluding hydrogens is 448 g/mol. The summed E-state index contributed by atoms with van der Waals surface area (Å²) in [4.78, 5) is 26.6. The summed E-state index contributed by atoms with van der Waals surface area (Å²) in [6.07, 6.45) is 0.233. The number of carbonyl (C=O) groups is 2. The van der Waals surface area contributed by atoms with Gasteiger partial charge in [-0.1, -0.05) is 31.9 Å². The molecule has 1 aliphatic rings. The Morgan fingerprint density at radius 3 is 2.32 bits per heavy atom. The van der Waals surface area contributed by atoms with Crippen LogP contribution in [0.3, 0.4) is 0 Å². The van der Waals surface area contributed by atoms with Crippen molar-refractivity contribution in [2.75, 3.05) is 16.8 Å². The lowest BCUT2D eigenvalue weighted by Crippen LogP contribution is -2.28. The van der Waals surface area contributed by atoms with Crippen molar-refractivity contribution in [1.29, 1.82) is 0 Å². The van der Waals surface area contributed by atoms with Gasteiger partial charge in [0, 0.05) is 33.3 Å². The van der Waals surface area contributed by atoms with E-state index in [1.807, 2.05) is 50.2 Å². The van der Waals surface area contributed by atoms with E-state index >= 15 is 0 Å². The smallest absolute Gasteiger partial charge is 0.229 e. The molecule has 6 heteroatoms. The minimum Gasteiger partial charge on any atom is -0.326 e. The number of aryl methyl sites for hydroxylation is 2. The molecule has 0 saturated carbocycles. The van der Waals surface area contributed by atoms with Gasteiger partial charge in [-0.2, -0.15) is 0 Å². The average Bonchev–Trinajstić information content (AvgIpc) is 2.95. The predicted octanol–water partition coefficient (Wildman–Crippen LogP) is 4.82. The fourth-order valence-corrected chi connectivity index (χ4v) is 3.51. The SMILES string of the molecule is Cc1cc(NC(=O)[C@H]2CC(=O)N(c3ccc(Br)cc3)C2)cc(C)c1Br. The van der Waals surface area contributed by atoms with Crippen molar-refractivity contribution in [3.05, 3.63) is 56.5 Å². The summed E-state index contributed by atoms with van der Waals surface area (Å²) in [5, 5.41) is 2.95. The first-order chi connectivity index (χ1) is 11.8. The number of benzene rings is 2.